The van der Waals surface area contributed by atoms with Gasteiger partial charge in [0.05, 0.1) is 24.0 Å². The molecular formula is C30H38N4O4. The molecule has 8 heteroatoms. The number of methoxy groups -OCH3 is 1. The van der Waals surface area contributed by atoms with Gasteiger partial charge in [-0.05, 0) is 54.0 Å². The summed E-state index contributed by atoms with van der Waals surface area (Å²) in [6.45, 7) is 8.67. The van der Waals surface area contributed by atoms with Crippen LogP contribution in [0.4, 0.5) is 0 Å². The fourth-order valence-electron chi connectivity index (χ4n) is 6.28. The Morgan fingerprint density at radius 1 is 1.16 bits per heavy atom. The van der Waals surface area contributed by atoms with E-state index in [0.29, 0.717) is 16.9 Å². The lowest BCUT2D eigenvalue weighted by molar-refractivity contribution is -0.135. The minimum absolute atomic E-state index is 0.0970. The highest BCUT2D eigenvalue weighted by Gasteiger charge is 2.46. The van der Waals surface area contributed by atoms with Gasteiger partial charge in [-0.2, -0.15) is 0 Å². The molecule has 2 aliphatic heterocycles. The number of ether oxygens (including phenoxy) is 2. The average molecular weight is 519 g/mol. The van der Waals surface area contributed by atoms with E-state index in [4.69, 9.17) is 20.2 Å². The Balaban J connectivity index is 1.49. The highest BCUT2D eigenvalue weighted by molar-refractivity contribution is 6.00. The summed E-state index contributed by atoms with van der Waals surface area (Å²) in [4.78, 5) is 33.5. The normalized spacial score (nSPS) is 25.2. The predicted molar refractivity (Wildman–Crippen MR) is 146 cm³/mol. The number of aliphatic imine (C=N–C) groups is 1. The maximum atomic E-state index is 13.6. The molecule has 0 saturated carbocycles. The molecule has 0 spiro atoms. The molecule has 5 rings (SSSR count). The molecule has 2 aromatic carbocycles. The second kappa shape index (κ2) is 9.73. The van der Waals surface area contributed by atoms with Gasteiger partial charge in [0.2, 0.25) is 5.91 Å². The van der Waals surface area contributed by atoms with Crippen LogP contribution in [0.1, 0.15) is 86.1 Å². The van der Waals surface area contributed by atoms with E-state index in [2.05, 4.69) is 31.3 Å². The molecule has 0 aromatic heterocycles. The van der Waals surface area contributed by atoms with Crippen molar-refractivity contribution in [3.63, 3.8) is 0 Å². The fourth-order valence-corrected chi connectivity index (χ4v) is 6.28. The van der Waals surface area contributed by atoms with Crippen LogP contribution in [0.3, 0.4) is 0 Å². The van der Waals surface area contributed by atoms with Gasteiger partial charge in [-0.3, -0.25) is 14.5 Å². The Labute approximate surface area is 224 Å². The van der Waals surface area contributed by atoms with Gasteiger partial charge >= 0.3 is 0 Å². The van der Waals surface area contributed by atoms with Gasteiger partial charge in [-0.15, -0.1) is 0 Å². The Kier molecular flexibility index (Phi) is 6.71. The zero-order valence-corrected chi connectivity index (χ0v) is 22.9. The van der Waals surface area contributed by atoms with E-state index in [1.807, 2.05) is 26.0 Å². The summed E-state index contributed by atoms with van der Waals surface area (Å²) >= 11 is 0. The summed E-state index contributed by atoms with van der Waals surface area (Å²) in [5.41, 5.74) is 9.46. The van der Waals surface area contributed by atoms with Crippen molar-refractivity contribution in [2.75, 3.05) is 13.7 Å². The first-order valence-electron chi connectivity index (χ1n) is 13.5. The molecule has 2 amide bonds. The van der Waals surface area contributed by atoms with Crippen LogP contribution in [-0.4, -0.2) is 48.0 Å². The van der Waals surface area contributed by atoms with Crippen LogP contribution in [0.5, 0.6) is 5.75 Å². The Hall–Kier alpha value is -3.39. The fraction of sp³-hybridized carbons (Fsp3) is 0.500. The number of nitrogens with two attached hydrogens (primary N) is 1. The van der Waals surface area contributed by atoms with E-state index in [1.54, 1.807) is 25.3 Å². The van der Waals surface area contributed by atoms with Crippen molar-refractivity contribution in [1.29, 1.82) is 0 Å². The number of rotatable bonds is 6. The van der Waals surface area contributed by atoms with Gasteiger partial charge in [0, 0.05) is 18.2 Å². The molecule has 2 unspecified atom stereocenters. The van der Waals surface area contributed by atoms with Crippen LogP contribution >= 0.6 is 0 Å². The van der Waals surface area contributed by atoms with Crippen molar-refractivity contribution in [2.24, 2.45) is 16.1 Å². The van der Waals surface area contributed by atoms with Crippen molar-refractivity contribution in [3.05, 3.63) is 64.7 Å². The first-order valence-corrected chi connectivity index (χ1v) is 13.5. The summed E-state index contributed by atoms with van der Waals surface area (Å²) in [6.07, 6.45) is 2.17. The molecule has 2 heterocycles. The third-order valence-corrected chi connectivity index (χ3v) is 8.66. The van der Waals surface area contributed by atoms with Gasteiger partial charge in [0.15, 0.2) is 5.96 Å². The molecular weight excluding hydrogens is 480 g/mol. The molecule has 38 heavy (non-hydrogen) atoms. The topological polar surface area (TPSA) is 106 Å². The van der Waals surface area contributed by atoms with Crippen LogP contribution in [0.15, 0.2) is 47.5 Å². The van der Waals surface area contributed by atoms with Crippen molar-refractivity contribution in [1.82, 2.24) is 10.2 Å². The van der Waals surface area contributed by atoms with Crippen molar-refractivity contribution < 1.29 is 19.1 Å². The number of hydrogen-bond donors (Lipinski definition) is 2. The Bertz CT molecular complexity index is 1280. The molecule has 0 bridgehead atoms. The predicted octanol–water partition coefficient (Wildman–Crippen LogP) is 4.29. The van der Waals surface area contributed by atoms with Gasteiger partial charge < -0.3 is 20.5 Å². The summed E-state index contributed by atoms with van der Waals surface area (Å²) in [5, 5.41) is 3.27. The molecule has 1 aliphatic carbocycles. The van der Waals surface area contributed by atoms with Gasteiger partial charge in [0.25, 0.3) is 5.91 Å². The number of carbonyl (C=O) groups excluding carboxylic acids is 2. The Morgan fingerprint density at radius 3 is 2.58 bits per heavy atom. The zero-order valence-electron chi connectivity index (χ0n) is 22.9. The number of amides is 2. The lowest BCUT2D eigenvalue weighted by Crippen LogP contribution is -2.56. The quantitative estimate of drug-likeness (QED) is 0.593. The molecule has 3 atom stereocenters. The number of benzene rings is 2. The molecule has 3 N–H and O–H groups in total. The van der Waals surface area contributed by atoms with Crippen molar-refractivity contribution in [2.45, 2.75) is 77.1 Å². The van der Waals surface area contributed by atoms with E-state index < -0.39 is 17.7 Å². The molecule has 0 saturated heterocycles. The first-order chi connectivity index (χ1) is 18.1. The van der Waals surface area contributed by atoms with Crippen LogP contribution in [0.25, 0.3) is 0 Å². The number of nitrogens with zero attached hydrogens (tertiary/aromatic N) is 2. The van der Waals surface area contributed by atoms with Crippen molar-refractivity contribution >= 4 is 17.8 Å². The number of carbonyl (C=O) groups is 2. The van der Waals surface area contributed by atoms with Crippen LogP contribution < -0.4 is 15.8 Å². The van der Waals surface area contributed by atoms with Gasteiger partial charge in [-0.1, -0.05) is 52.0 Å². The smallest absolute Gasteiger partial charge is 0.251 e. The minimum atomic E-state index is -0.553. The second-order valence-electron chi connectivity index (χ2n) is 11.4. The third kappa shape index (κ3) is 4.34. The third-order valence-electron chi connectivity index (χ3n) is 8.66. The monoisotopic (exact) mass is 518 g/mol. The van der Waals surface area contributed by atoms with E-state index in [0.717, 1.165) is 24.8 Å². The molecule has 2 aromatic rings. The SMILES string of the molecule is CCC1(CC)CC(=O)N(C2c3cc(C(=O)N[C@@H]4c5ccccc5CC4(C)C)ccc3OCC2OC)C(N)=N1. The van der Waals surface area contributed by atoms with Gasteiger partial charge in [0.1, 0.15) is 18.5 Å². The first kappa shape index (κ1) is 26.2. The van der Waals surface area contributed by atoms with Crippen LogP contribution in [-0.2, 0) is 16.0 Å². The largest absolute Gasteiger partial charge is 0.490 e. The van der Waals surface area contributed by atoms with Crippen LogP contribution in [0, 0.1) is 5.41 Å². The standard InChI is InChI=1S/C30H38N4O4/c1-6-30(7-2)16-24(35)34(28(31)33-30)25-21-14-18(12-13-22(21)38-17-23(25)37-5)27(36)32-26-20-11-9-8-10-19(20)15-29(26,3)4/h8-14,23,25-26H,6-7,15-17H2,1-5H3,(H2,31,33)(H,32,36)/t23?,25?,26-/m1/s1. The van der Waals surface area contributed by atoms with E-state index in [-0.39, 0.29) is 42.3 Å². The lowest BCUT2D eigenvalue weighted by Gasteiger charge is -2.44. The van der Waals surface area contributed by atoms with Gasteiger partial charge in [-0.25, -0.2) is 4.99 Å². The summed E-state index contributed by atoms with van der Waals surface area (Å²) in [6, 6.07) is 13.0. The van der Waals surface area contributed by atoms with E-state index in [9.17, 15) is 9.59 Å². The number of guanidine groups is 1. The maximum absolute atomic E-state index is 13.6. The number of nitrogens with one attached hydrogen (secondary N) is 1. The van der Waals surface area contributed by atoms with Crippen molar-refractivity contribution in [3.8, 4) is 5.75 Å². The maximum Gasteiger partial charge on any atom is 0.251 e. The van der Waals surface area contributed by atoms with E-state index in [1.165, 1.54) is 10.5 Å². The Morgan fingerprint density at radius 2 is 1.89 bits per heavy atom. The summed E-state index contributed by atoms with van der Waals surface area (Å²) in [7, 11) is 1.59. The molecule has 202 valence electrons. The minimum Gasteiger partial charge on any atom is -0.490 e. The van der Waals surface area contributed by atoms with Crippen LogP contribution in [0.2, 0.25) is 0 Å². The van der Waals surface area contributed by atoms with E-state index >= 15 is 0 Å². The highest BCUT2D eigenvalue weighted by atomic mass is 16.5. The second-order valence-corrected chi connectivity index (χ2v) is 11.4. The number of fused-ring (bicyclic) bond motifs is 2. The highest BCUT2D eigenvalue weighted by Crippen LogP contribution is 2.45. The number of hydrogen-bond acceptors (Lipinski definition) is 6. The lowest BCUT2D eigenvalue weighted by atomic mass is 9.85. The molecule has 8 nitrogen and oxygen atoms in total. The molecule has 0 fully saturated rings. The zero-order chi connectivity index (χ0) is 27.2. The summed E-state index contributed by atoms with van der Waals surface area (Å²) < 4.78 is 11.7. The molecule has 0 radical (unpaired) electrons. The molecule has 3 aliphatic rings. The average Bonchev–Trinajstić information content (AvgIpc) is 3.16. The summed E-state index contributed by atoms with van der Waals surface area (Å²) in [5.74, 6) is 0.516.